The van der Waals surface area contributed by atoms with Gasteiger partial charge in [0.2, 0.25) is 0 Å². The molecule has 16 heteroatoms. The number of ketones is 1. The van der Waals surface area contributed by atoms with Gasteiger partial charge in [0.1, 0.15) is 40.8 Å². The molecule has 1 aromatic heterocycles. The van der Waals surface area contributed by atoms with Crippen LogP contribution in [0.25, 0.3) is 0 Å². The van der Waals surface area contributed by atoms with Crippen molar-refractivity contribution in [2.45, 2.75) is 128 Å². The third-order valence-electron chi connectivity index (χ3n) is 12.6. The number of hydrogen-bond acceptors (Lipinski definition) is 15. The number of fused-ring (bicyclic) bond motifs is 5. The van der Waals surface area contributed by atoms with Gasteiger partial charge in [-0.3, -0.25) is 9.59 Å². The first-order valence-electron chi connectivity index (χ1n) is 19.2. The van der Waals surface area contributed by atoms with E-state index >= 15 is 4.79 Å². The summed E-state index contributed by atoms with van der Waals surface area (Å²) in [7, 11) is 1.40. The minimum absolute atomic E-state index is 0.00960. The fraction of sp³-hybridized carbons (Fsp3) is 0.595. The predicted molar refractivity (Wildman–Crippen MR) is 201 cm³/mol. The number of Topliss-reactive ketones (excluding diaryl/α,β-unsaturated/α-hetero) is 1. The Labute approximate surface area is 336 Å². The van der Waals surface area contributed by atoms with E-state index in [1.165, 1.54) is 51.5 Å². The van der Waals surface area contributed by atoms with Crippen molar-refractivity contribution < 1.29 is 72.1 Å². The van der Waals surface area contributed by atoms with Gasteiger partial charge in [0, 0.05) is 38.2 Å². The van der Waals surface area contributed by atoms with Crippen LogP contribution in [0.4, 0.5) is 4.79 Å². The number of carbonyl (C=O) groups is 5. The summed E-state index contributed by atoms with van der Waals surface area (Å²) in [6.07, 6.45) is -9.48. The largest absolute Gasteiger partial charge is 0.467 e. The van der Waals surface area contributed by atoms with Crippen LogP contribution in [0.5, 0.6) is 0 Å². The number of aliphatic hydroxyl groups excluding tert-OH is 2. The zero-order chi connectivity index (χ0) is 42.7. The topological polar surface area (TPSA) is 227 Å². The second kappa shape index (κ2) is 15.2. The van der Waals surface area contributed by atoms with Gasteiger partial charge in [-0.2, -0.15) is 0 Å². The molecule has 1 aromatic carbocycles. The quantitative estimate of drug-likeness (QED) is 0.162. The average Bonchev–Trinajstić information content (AvgIpc) is 3.68. The Morgan fingerprint density at radius 2 is 1.67 bits per heavy atom. The number of furan rings is 1. The van der Waals surface area contributed by atoms with Crippen LogP contribution in [0, 0.1) is 16.7 Å². The Balaban J connectivity index is 1.51. The van der Waals surface area contributed by atoms with Crippen molar-refractivity contribution in [3.8, 4) is 0 Å². The summed E-state index contributed by atoms with van der Waals surface area (Å²) in [5.74, 6) is -5.10. The smallest absolute Gasteiger partial charge is 0.408 e. The zero-order valence-corrected chi connectivity index (χ0v) is 34.1. The van der Waals surface area contributed by atoms with Crippen molar-refractivity contribution in [1.29, 1.82) is 0 Å². The highest BCUT2D eigenvalue weighted by Gasteiger charge is 2.77. The van der Waals surface area contributed by atoms with Crippen LogP contribution in [0.3, 0.4) is 0 Å². The Kier molecular flexibility index (Phi) is 11.3. The molecule has 4 N–H and O–H groups in total. The number of aliphatic hydroxyl groups is 3. The van der Waals surface area contributed by atoms with Gasteiger partial charge in [0.15, 0.2) is 18.0 Å². The zero-order valence-electron chi connectivity index (χ0n) is 34.1. The van der Waals surface area contributed by atoms with Gasteiger partial charge in [-0.1, -0.05) is 32.0 Å². The molecule has 2 saturated carbocycles. The van der Waals surface area contributed by atoms with Crippen LogP contribution < -0.4 is 5.32 Å². The lowest BCUT2D eigenvalue weighted by molar-refractivity contribution is -0.350. The van der Waals surface area contributed by atoms with Crippen molar-refractivity contribution in [1.82, 2.24) is 5.32 Å². The Bertz CT molecular complexity index is 1950. The highest BCUT2D eigenvalue weighted by Crippen LogP contribution is 2.64. The lowest BCUT2D eigenvalue weighted by atomic mass is 9.44. The van der Waals surface area contributed by atoms with E-state index in [4.69, 9.17) is 32.8 Å². The van der Waals surface area contributed by atoms with E-state index in [-0.39, 0.29) is 35.5 Å². The highest BCUT2D eigenvalue weighted by molar-refractivity contribution is 5.95. The van der Waals surface area contributed by atoms with E-state index in [0.717, 1.165) is 6.92 Å². The number of amides is 1. The second-order valence-electron chi connectivity index (χ2n) is 17.4. The van der Waals surface area contributed by atoms with Crippen molar-refractivity contribution in [2.24, 2.45) is 16.7 Å². The maximum Gasteiger partial charge on any atom is 0.408 e. The summed E-state index contributed by atoms with van der Waals surface area (Å²) in [4.78, 5) is 69.3. The van der Waals surface area contributed by atoms with Crippen LogP contribution in [0.15, 0.2) is 64.3 Å². The van der Waals surface area contributed by atoms with Crippen molar-refractivity contribution >= 4 is 29.8 Å². The maximum absolute atomic E-state index is 15.3. The molecular formula is C42H53NO15. The van der Waals surface area contributed by atoms with Gasteiger partial charge in [0.25, 0.3) is 0 Å². The van der Waals surface area contributed by atoms with E-state index in [1.807, 2.05) is 0 Å². The Morgan fingerprint density at radius 1 is 1.00 bits per heavy atom. The first kappa shape index (κ1) is 43.0. The van der Waals surface area contributed by atoms with Crippen molar-refractivity contribution in [3.63, 3.8) is 0 Å². The van der Waals surface area contributed by atoms with Gasteiger partial charge in [0.05, 0.1) is 36.1 Å². The molecule has 0 radical (unpaired) electrons. The number of benzene rings is 1. The van der Waals surface area contributed by atoms with Crippen LogP contribution in [-0.4, -0.2) is 112 Å². The first-order valence-corrected chi connectivity index (χ1v) is 19.2. The van der Waals surface area contributed by atoms with Crippen LogP contribution >= 0.6 is 0 Å². The van der Waals surface area contributed by atoms with E-state index in [9.17, 15) is 34.5 Å². The van der Waals surface area contributed by atoms with Gasteiger partial charge >= 0.3 is 24.0 Å². The number of esters is 3. The number of rotatable bonds is 9. The summed E-state index contributed by atoms with van der Waals surface area (Å²) in [6.45, 7) is 12.1. The molecule has 58 heavy (non-hydrogen) atoms. The number of carbonyl (C=O) groups excluding carboxylic acids is 5. The maximum atomic E-state index is 15.3. The fourth-order valence-corrected chi connectivity index (χ4v) is 9.46. The third-order valence-corrected chi connectivity index (χ3v) is 12.6. The van der Waals surface area contributed by atoms with Crippen LogP contribution in [0.2, 0.25) is 0 Å². The van der Waals surface area contributed by atoms with E-state index in [2.05, 4.69) is 5.32 Å². The number of hydrogen-bond donors (Lipinski definition) is 4. The molecule has 1 saturated heterocycles. The summed E-state index contributed by atoms with van der Waals surface area (Å²) in [5, 5.41) is 39.5. The van der Waals surface area contributed by atoms with Gasteiger partial charge in [-0.15, -0.1) is 0 Å². The summed E-state index contributed by atoms with van der Waals surface area (Å²) in [6, 6.07) is 9.40. The second-order valence-corrected chi connectivity index (χ2v) is 17.4. The third kappa shape index (κ3) is 7.01. The molecule has 16 nitrogen and oxygen atoms in total. The molecule has 2 aromatic rings. The number of alkyl carbamates (subject to hydrolysis) is 1. The standard InChI is InChI=1S/C42H53NO15/c1-21-25(56-36(49)30(46)29(24-16-13-17-53-24)43-37(50)58-38(3,4)5)19-42(51)34(57-35(48)23-14-11-10-12-15-23)32-40(8,26(45)18-27-41(32,52-9)20-54-27)33(47)31(55-22(2)44)28(21)39(42,6)7/h10-17,25-27,29-32,34,45-46,51H,18-20H2,1-9H3,(H,43,50)/t25-,26-,27+,29+,30+,31+,32-,34-,40+,41-,42+/m0/s1. The van der Waals surface area contributed by atoms with Crippen molar-refractivity contribution in [2.75, 3.05) is 13.7 Å². The molecule has 1 amide bonds. The van der Waals surface area contributed by atoms with E-state index in [1.54, 1.807) is 52.8 Å². The minimum Gasteiger partial charge on any atom is -0.467 e. The fourth-order valence-electron chi connectivity index (χ4n) is 9.46. The SMILES string of the molecule is CO[C@@]12CO[C@@H]1C[C@H](O)[C@@]1(C)C(=O)[C@H](OC(C)=O)C3=C(C)[C@@H](OC(=O)[C@H](O)[C@H](NC(=O)OC(C)(C)C)c4ccco4)C[C@@](O)([C@@H](OC(=O)c4ccccc4)[C@H]21)C3(C)C. The number of methoxy groups -OCH3 is 1. The van der Waals surface area contributed by atoms with Crippen LogP contribution in [-0.2, 0) is 42.8 Å². The first-order chi connectivity index (χ1) is 27.0. The molecular weight excluding hydrogens is 758 g/mol. The Morgan fingerprint density at radius 3 is 2.22 bits per heavy atom. The molecule has 3 aliphatic carbocycles. The molecule has 0 unspecified atom stereocenters. The molecule has 0 spiro atoms. The van der Waals surface area contributed by atoms with E-state index < -0.39 is 112 Å². The average molecular weight is 812 g/mol. The lowest BCUT2D eigenvalue weighted by Gasteiger charge is -2.67. The van der Waals surface area contributed by atoms with E-state index in [0.29, 0.717) is 0 Å². The molecule has 316 valence electrons. The highest BCUT2D eigenvalue weighted by atomic mass is 16.6. The predicted octanol–water partition coefficient (Wildman–Crippen LogP) is 3.51. The summed E-state index contributed by atoms with van der Waals surface area (Å²) in [5.41, 5.74) is -7.76. The monoisotopic (exact) mass is 811 g/mol. The van der Waals surface area contributed by atoms with Crippen molar-refractivity contribution in [3.05, 3.63) is 71.2 Å². The molecule has 2 heterocycles. The molecule has 4 aliphatic rings. The van der Waals surface area contributed by atoms with Crippen LogP contribution in [0.1, 0.15) is 90.4 Å². The molecule has 1 aliphatic heterocycles. The van der Waals surface area contributed by atoms with Gasteiger partial charge in [-0.25, -0.2) is 14.4 Å². The lowest BCUT2D eigenvalue weighted by Crippen LogP contribution is -2.81. The summed E-state index contributed by atoms with van der Waals surface area (Å²) >= 11 is 0. The molecule has 3 fully saturated rings. The summed E-state index contributed by atoms with van der Waals surface area (Å²) < 4.78 is 41.1. The molecule has 2 bridgehead atoms. The Hall–Kier alpha value is -4.61. The normalized spacial score (nSPS) is 33.8. The number of ether oxygens (including phenoxy) is 6. The van der Waals surface area contributed by atoms with Gasteiger partial charge < -0.3 is 53.5 Å². The van der Waals surface area contributed by atoms with Gasteiger partial charge in [-0.05, 0) is 70.0 Å². The number of nitrogens with one attached hydrogen (secondary N) is 1. The minimum atomic E-state index is -2.29. The molecule has 6 rings (SSSR count). The molecule has 11 atom stereocenters.